The maximum absolute atomic E-state index is 12.8. The largest absolute Gasteiger partial charge is 0.481 e. The number of carbonyl (C=O) groups is 1. The summed E-state index contributed by atoms with van der Waals surface area (Å²) in [4.78, 5) is 12.8. The molecule has 1 amide bonds. The highest BCUT2D eigenvalue weighted by Gasteiger charge is 2.19. The van der Waals surface area contributed by atoms with Crippen molar-refractivity contribution in [1.29, 1.82) is 0 Å². The molecule has 1 heterocycles. The summed E-state index contributed by atoms with van der Waals surface area (Å²) in [5.41, 5.74) is 4.33. The molecule has 1 aromatic heterocycles. The normalized spacial score (nSPS) is 12.2. The highest BCUT2D eigenvalue weighted by molar-refractivity contribution is 6.10. The van der Waals surface area contributed by atoms with E-state index < -0.39 is 6.10 Å². The van der Waals surface area contributed by atoms with E-state index in [4.69, 9.17) is 4.74 Å². The number of para-hydroxylation sites is 1. The van der Waals surface area contributed by atoms with Gasteiger partial charge in [-0.2, -0.15) is 0 Å². The van der Waals surface area contributed by atoms with Gasteiger partial charge < -0.3 is 14.6 Å². The third kappa shape index (κ3) is 3.70. The first-order chi connectivity index (χ1) is 14.1. The summed E-state index contributed by atoms with van der Waals surface area (Å²) in [7, 11) is 0. The Balaban J connectivity index is 1.60. The molecule has 0 aliphatic heterocycles. The highest BCUT2D eigenvalue weighted by atomic mass is 16.5. The van der Waals surface area contributed by atoms with Crippen LogP contribution < -0.4 is 10.1 Å². The number of aryl methyl sites for hydroxylation is 2. The number of nitrogens with zero attached hydrogens (tertiary/aromatic N) is 1. The molecule has 3 aromatic carbocycles. The van der Waals surface area contributed by atoms with E-state index in [2.05, 4.69) is 53.2 Å². The van der Waals surface area contributed by atoms with Crippen molar-refractivity contribution in [3.8, 4) is 5.75 Å². The molecule has 1 unspecified atom stereocenters. The minimum Gasteiger partial charge on any atom is -0.481 e. The van der Waals surface area contributed by atoms with Crippen LogP contribution in [0, 0.1) is 6.92 Å². The predicted molar refractivity (Wildman–Crippen MR) is 120 cm³/mol. The van der Waals surface area contributed by atoms with Crippen LogP contribution in [0.4, 0.5) is 5.69 Å². The summed E-state index contributed by atoms with van der Waals surface area (Å²) >= 11 is 0. The molecule has 4 nitrogen and oxygen atoms in total. The van der Waals surface area contributed by atoms with E-state index in [1.54, 1.807) is 0 Å². The number of hydrogen-bond donors (Lipinski definition) is 1. The van der Waals surface area contributed by atoms with Crippen LogP contribution in [0.15, 0.2) is 66.7 Å². The van der Waals surface area contributed by atoms with Crippen LogP contribution in [0.5, 0.6) is 5.75 Å². The quantitative estimate of drug-likeness (QED) is 0.447. The second-order valence-electron chi connectivity index (χ2n) is 7.31. The Bertz CT molecular complexity index is 1160. The Morgan fingerprint density at radius 2 is 1.69 bits per heavy atom. The van der Waals surface area contributed by atoms with Gasteiger partial charge in [-0.25, -0.2) is 0 Å². The molecule has 4 rings (SSSR count). The summed E-state index contributed by atoms with van der Waals surface area (Å²) in [6.07, 6.45) is 0.0577. The number of hydrogen-bond acceptors (Lipinski definition) is 2. The minimum atomic E-state index is -0.537. The van der Waals surface area contributed by atoms with Crippen LogP contribution in [0.25, 0.3) is 21.8 Å². The second-order valence-corrected chi connectivity index (χ2v) is 7.31. The van der Waals surface area contributed by atoms with Crippen molar-refractivity contribution in [3.05, 3.63) is 72.3 Å². The Morgan fingerprint density at radius 1 is 0.966 bits per heavy atom. The molecule has 0 radical (unpaired) electrons. The molecule has 29 heavy (non-hydrogen) atoms. The van der Waals surface area contributed by atoms with Crippen LogP contribution in [0.3, 0.4) is 0 Å². The second kappa shape index (κ2) is 8.00. The lowest BCUT2D eigenvalue weighted by molar-refractivity contribution is -0.122. The molecule has 148 valence electrons. The molecule has 0 bridgehead atoms. The van der Waals surface area contributed by atoms with Crippen molar-refractivity contribution in [1.82, 2.24) is 4.57 Å². The maximum Gasteiger partial charge on any atom is 0.265 e. The summed E-state index contributed by atoms with van der Waals surface area (Å²) in [5.74, 6) is 0.575. The monoisotopic (exact) mass is 386 g/mol. The van der Waals surface area contributed by atoms with E-state index in [1.165, 1.54) is 16.4 Å². The van der Waals surface area contributed by atoms with Crippen LogP contribution in [-0.2, 0) is 11.3 Å². The molecule has 1 N–H and O–H groups in total. The van der Waals surface area contributed by atoms with E-state index >= 15 is 0 Å². The first-order valence-corrected chi connectivity index (χ1v) is 10.2. The smallest absolute Gasteiger partial charge is 0.265 e. The number of anilines is 1. The van der Waals surface area contributed by atoms with Crippen molar-refractivity contribution in [3.63, 3.8) is 0 Å². The van der Waals surface area contributed by atoms with Gasteiger partial charge in [0.1, 0.15) is 5.75 Å². The lowest BCUT2D eigenvalue weighted by Gasteiger charge is -2.17. The topological polar surface area (TPSA) is 43.3 Å². The van der Waals surface area contributed by atoms with Crippen LogP contribution in [0.1, 0.15) is 25.8 Å². The number of benzene rings is 3. The van der Waals surface area contributed by atoms with Gasteiger partial charge in [-0.1, -0.05) is 42.8 Å². The Kier molecular flexibility index (Phi) is 5.26. The van der Waals surface area contributed by atoms with Gasteiger partial charge in [0.25, 0.3) is 5.91 Å². The zero-order valence-electron chi connectivity index (χ0n) is 17.1. The number of rotatable bonds is 6. The summed E-state index contributed by atoms with van der Waals surface area (Å²) < 4.78 is 8.21. The fourth-order valence-corrected chi connectivity index (χ4v) is 3.80. The van der Waals surface area contributed by atoms with Gasteiger partial charge in [0.05, 0.1) is 0 Å². The number of aromatic nitrogens is 1. The molecule has 0 spiro atoms. The van der Waals surface area contributed by atoms with Crippen LogP contribution in [0.2, 0.25) is 0 Å². The molecule has 0 aliphatic rings. The van der Waals surface area contributed by atoms with E-state index in [1.807, 2.05) is 44.2 Å². The zero-order valence-corrected chi connectivity index (χ0v) is 17.1. The van der Waals surface area contributed by atoms with Crippen molar-refractivity contribution >= 4 is 33.4 Å². The Hall–Kier alpha value is -3.27. The van der Waals surface area contributed by atoms with Crippen molar-refractivity contribution in [2.45, 2.75) is 39.8 Å². The number of carbonyl (C=O) groups excluding carboxylic acids is 1. The van der Waals surface area contributed by atoms with E-state index in [0.29, 0.717) is 12.2 Å². The van der Waals surface area contributed by atoms with Gasteiger partial charge in [-0.05, 0) is 56.7 Å². The molecular weight excluding hydrogens is 360 g/mol. The molecule has 0 saturated carbocycles. The van der Waals surface area contributed by atoms with Crippen LogP contribution >= 0.6 is 0 Å². The lowest BCUT2D eigenvalue weighted by Crippen LogP contribution is -2.32. The highest BCUT2D eigenvalue weighted by Crippen LogP contribution is 2.31. The average molecular weight is 386 g/mol. The number of nitrogens with one attached hydrogen (secondary N) is 1. The molecule has 0 aliphatic carbocycles. The third-order valence-electron chi connectivity index (χ3n) is 5.32. The first kappa shape index (κ1) is 19.1. The first-order valence-electron chi connectivity index (χ1n) is 10.2. The van der Waals surface area contributed by atoms with Gasteiger partial charge in [0.2, 0.25) is 0 Å². The summed E-state index contributed by atoms with van der Waals surface area (Å²) in [6, 6.07) is 22.2. The molecule has 1 atom stereocenters. The van der Waals surface area contributed by atoms with Crippen molar-refractivity contribution in [2.24, 2.45) is 0 Å². The lowest BCUT2D eigenvalue weighted by atomic mass is 10.1. The fourth-order valence-electron chi connectivity index (χ4n) is 3.80. The summed E-state index contributed by atoms with van der Waals surface area (Å²) in [6.45, 7) is 7.03. The maximum atomic E-state index is 12.8. The van der Waals surface area contributed by atoms with Gasteiger partial charge in [0, 0.05) is 34.0 Å². The fraction of sp³-hybridized carbons (Fsp3) is 0.240. The minimum absolute atomic E-state index is 0.133. The molecule has 4 heteroatoms. The SMILES string of the molecule is CCC(Oc1ccc(C)cc1)C(=O)Nc1ccc2c(c1)c1ccccc1n2CC. The molecule has 0 fully saturated rings. The van der Waals surface area contributed by atoms with Crippen molar-refractivity contribution < 1.29 is 9.53 Å². The van der Waals surface area contributed by atoms with E-state index in [9.17, 15) is 4.79 Å². The van der Waals surface area contributed by atoms with Gasteiger partial charge >= 0.3 is 0 Å². The van der Waals surface area contributed by atoms with E-state index in [-0.39, 0.29) is 5.91 Å². The van der Waals surface area contributed by atoms with Crippen LogP contribution in [-0.4, -0.2) is 16.6 Å². The Morgan fingerprint density at radius 3 is 2.41 bits per heavy atom. The van der Waals surface area contributed by atoms with Gasteiger partial charge in [0.15, 0.2) is 6.10 Å². The van der Waals surface area contributed by atoms with Gasteiger partial charge in [-0.15, -0.1) is 0 Å². The third-order valence-corrected chi connectivity index (χ3v) is 5.32. The van der Waals surface area contributed by atoms with E-state index in [0.717, 1.165) is 23.2 Å². The Labute approximate surface area is 171 Å². The molecular formula is C25H26N2O2. The number of ether oxygens (including phenoxy) is 1. The predicted octanol–water partition coefficient (Wildman–Crippen LogP) is 5.92. The molecule has 0 saturated heterocycles. The number of amides is 1. The number of fused-ring (bicyclic) bond motifs is 3. The van der Waals surface area contributed by atoms with Gasteiger partial charge in [-0.3, -0.25) is 4.79 Å². The zero-order chi connectivity index (χ0) is 20.4. The standard InChI is InChI=1S/C25H26N2O2/c1-4-24(29-19-13-10-17(3)11-14-19)25(28)26-18-12-15-23-21(16-18)20-8-6-7-9-22(20)27(23)5-2/h6-16,24H,4-5H2,1-3H3,(H,26,28). The average Bonchev–Trinajstić information content (AvgIpc) is 3.06. The summed E-state index contributed by atoms with van der Waals surface area (Å²) in [5, 5.41) is 5.38. The molecule has 4 aromatic rings. The van der Waals surface area contributed by atoms with Crippen molar-refractivity contribution in [2.75, 3.05) is 5.32 Å².